The van der Waals surface area contributed by atoms with E-state index >= 15 is 0 Å². The van der Waals surface area contributed by atoms with Crippen molar-refractivity contribution in [3.63, 3.8) is 0 Å². The molecule has 20 heavy (non-hydrogen) atoms. The Morgan fingerprint density at radius 2 is 2.00 bits per heavy atom. The van der Waals surface area contributed by atoms with E-state index in [1.165, 1.54) is 4.57 Å². The second-order valence-electron chi connectivity index (χ2n) is 4.59. The predicted octanol–water partition coefficient (Wildman–Crippen LogP) is 2.42. The van der Waals surface area contributed by atoms with Gasteiger partial charge in [0.05, 0.1) is 16.3 Å². The lowest BCUT2D eigenvalue weighted by Crippen LogP contribution is -2.24. The van der Waals surface area contributed by atoms with E-state index in [-0.39, 0.29) is 5.56 Å². The van der Waals surface area contributed by atoms with Gasteiger partial charge in [0.25, 0.3) is 5.56 Å². The fraction of sp³-hybridized carbons (Fsp3) is 0.214. The first-order valence-electron chi connectivity index (χ1n) is 6.23. The highest BCUT2D eigenvalue weighted by Crippen LogP contribution is 2.20. The van der Waals surface area contributed by atoms with Crippen molar-refractivity contribution in [1.82, 2.24) is 19.3 Å². The summed E-state index contributed by atoms with van der Waals surface area (Å²) in [6.45, 7) is 1.79. The summed E-state index contributed by atoms with van der Waals surface area (Å²) in [5.41, 5.74) is 0.490. The second-order valence-corrected chi connectivity index (χ2v) is 5.25. The van der Waals surface area contributed by atoms with Crippen LogP contribution in [-0.2, 0) is 7.05 Å². The van der Waals surface area contributed by atoms with Gasteiger partial charge in [-0.05, 0) is 19.1 Å². The molecule has 0 fully saturated rings. The van der Waals surface area contributed by atoms with Crippen LogP contribution in [0.3, 0.4) is 0 Å². The lowest BCUT2D eigenvalue weighted by molar-refractivity contribution is 0.725. The molecule has 0 amide bonds. The summed E-state index contributed by atoms with van der Waals surface area (Å²) in [4.78, 5) is 17.2. The molecule has 0 spiro atoms. The van der Waals surface area contributed by atoms with Gasteiger partial charge in [0.1, 0.15) is 5.82 Å². The smallest absolute Gasteiger partial charge is 0.267 e. The van der Waals surface area contributed by atoms with E-state index in [0.717, 1.165) is 0 Å². The number of hydrogen-bond acceptors (Lipinski definition) is 3. The maximum Gasteiger partial charge on any atom is 0.267 e. The van der Waals surface area contributed by atoms with Crippen LogP contribution in [0.25, 0.3) is 16.7 Å². The monoisotopic (exact) mass is 288 g/mol. The van der Waals surface area contributed by atoms with Crippen molar-refractivity contribution in [3.8, 4) is 5.82 Å². The number of para-hydroxylation sites is 1. The van der Waals surface area contributed by atoms with Crippen LogP contribution in [-0.4, -0.2) is 19.3 Å². The number of aromatic nitrogens is 4. The zero-order valence-electron chi connectivity index (χ0n) is 11.1. The minimum absolute atomic E-state index is 0.156. The molecule has 102 valence electrons. The molecule has 0 bridgehead atoms. The molecule has 2 aromatic heterocycles. The topological polar surface area (TPSA) is 52.7 Å². The van der Waals surface area contributed by atoms with Crippen LogP contribution in [0.4, 0.5) is 0 Å². The van der Waals surface area contributed by atoms with Crippen molar-refractivity contribution in [3.05, 3.63) is 52.7 Å². The maximum atomic E-state index is 12.7. The summed E-state index contributed by atoms with van der Waals surface area (Å²) in [6.07, 6.45) is 1.78. The van der Waals surface area contributed by atoms with Gasteiger partial charge in [-0.2, -0.15) is 5.10 Å². The number of hydrogen-bond donors (Lipinski definition) is 0. The first-order valence-corrected chi connectivity index (χ1v) is 6.67. The molecular weight excluding hydrogens is 276 g/mol. The minimum Gasteiger partial charge on any atom is -0.274 e. The number of alkyl halides is 1. The molecule has 2 heterocycles. The number of benzene rings is 1. The van der Waals surface area contributed by atoms with Crippen molar-refractivity contribution in [1.29, 1.82) is 0 Å². The van der Waals surface area contributed by atoms with Crippen LogP contribution in [0.15, 0.2) is 41.3 Å². The summed E-state index contributed by atoms with van der Waals surface area (Å²) in [7, 11) is 1.80. The van der Waals surface area contributed by atoms with Gasteiger partial charge < -0.3 is 0 Å². The number of halogens is 1. The average Bonchev–Trinajstić information content (AvgIpc) is 2.85. The van der Waals surface area contributed by atoms with Crippen molar-refractivity contribution in [2.75, 3.05) is 0 Å². The Hall–Kier alpha value is -2.14. The Morgan fingerprint density at radius 1 is 1.25 bits per heavy atom. The summed E-state index contributed by atoms with van der Waals surface area (Å²) in [5.74, 6) is 1.02. The highest BCUT2D eigenvalue weighted by molar-refractivity contribution is 6.20. The van der Waals surface area contributed by atoms with Gasteiger partial charge in [0, 0.05) is 19.3 Å². The van der Waals surface area contributed by atoms with Crippen LogP contribution in [0.5, 0.6) is 0 Å². The fourth-order valence-electron chi connectivity index (χ4n) is 2.16. The molecule has 1 atom stereocenters. The number of aryl methyl sites for hydroxylation is 1. The zero-order valence-corrected chi connectivity index (χ0v) is 11.9. The van der Waals surface area contributed by atoms with E-state index in [1.54, 1.807) is 37.0 Å². The minimum atomic E-state index is -0.394. The molecule has 3 aromatic rings. The zero-order chi connectivity index (χ0) is 14.3. The Bertz CT molecular complexity index is 835. The molecule has 0 radical (unpaired) electrons. The quantitative estimate of drug-likeness (QED) is 0.681. The molecule has 0 aliphatic heterocycles. The van der Waals surface area contributed by atoms with Gasteiger partial charge in [0.15, 0.2) is 5.82 Å². The van der Waals surface area contributed by atoms with Crippen LogP contribution < -0.4 is 5.56 Å². The van der Waals surface area contributed by atoms with Gasteiger partial charge in [-0.3, -0.25) is 9.48 Å². The van der Waals surface area contributed by atoms with Gasteiger partial charge in [-0.1, -0.05) is 12.1 Å². The Labute approximate surface area is 120 Å². The molecule has 6 heteroatoms. The fourth-order valence-corrected chi connectivity index (χ4v) is 2.31. The van der Waals surface area contributed by atoms with Gasteiger partial charge in [-0.15, -0.1) is 11.6 Å². The summed E-state index contributed by atoms with van der Waals surface area (Å²) >= 11 is 6.18. The van der Waals surface area contributed by atoms with Gasteiger partial charge in [-0.25, -0.2) is 9.55 Å². The number of nitrogens with zero attached hydrogens (tertiary/aromatic N) is 4. The van der Waals surface area contributed by atoms with Crippen LogP contribution in [0, 0.1) is 0 Å². The van der Waals surface area contributed by atoms with Gasteiger partial charge >= 0.3 is 0 Å². The largest absolute Gasteiger partial charge is 0.274 e. The molecular formula is C14H13ClN4O. The molecule has 0 N–H and O–H groups in total. The van der Waals surface area contributed by atoms with E-state index < -0.39 is 5.38 Å². The molecule has 0 saturated heterocycles. The van der Waals surface area contributed by atoms with E-state index in [1.807, 2.05) is 18.2 Å². The normalized spacial score (nSPS) is 12.8. The van der Waals surface area contributed by atoms with Gasteiger partial charge in [0.2, 0.25) is 0 Å². The first-order chi connectivity index (χ1) is 9.58. The van der Waals surface area contributed by atoms with Crippen LogP contribution in [0.2, 0.25) is 0 Å². The molecule has 1 unspecified atom stereocenters. The Balaban J connectivity index is 2.42. The SMILES string of the molecule is CC(Cl)c1nc2ccccc2c(=O)n1-c1ccn(C)n1. The summed E-state index contributed by atoms with van der Waals surface area (Å²) in [6, 6.07) is 9.00. The third-order valence-corrected chi connectivity index (χ3v) is 3.28. The predicted molar refractivity (Wildman–Crippen MR) is 78.4 cm³/mol. The number of fused-ring (bicyclic) bond motifs is 1. The van der Waals surface area contributed by atoms with Crippen LogP contribution in [0.1, 0.15) is 18.1 Å². The molecule has 3 rings (SSSR count). The lowest BCUT2D eigenvalue weighted by atomic mass is 10.2. The van der Waals surface area contributed by atoms with E-state index in [0.29, 0.717) is 22.5 Å². The summed E-state index contributed by atoms with van der Waals surface area (Å²) in [5, 5.41) is 4.43. The third-order valence-electron chi connectivity index (χ3n) is 3.09. The van der Waals surface area contributed by atoms with E-state index in [9.17, 15) is 4.79 Å². The Kier molecular flexibility index (Phi) is 3.06. The highest BCUT2D eigenvalue weighted by atomic mass is 35.5. The molecule has 5 nitrogen and oxygen atoms in total. The molecule has 0 aliphatic rings. The van der Waals surface area contributed by atoms with Crippen molar-refractivity contribution < 1.29 is 0 Å². The lowest BCUT2D eigenvalue weighted by Gasteiger charge is -2.12. The first kappa shape index (κ1) is 12.9. The standard InChI is InChI=1S/C14H13ClN4O/c1-9(15)13-16-11-6-4-3-5-10(11)14(20)19(13)12-7-8-18(2)17-12/h3-9H,1-2H3. The number of rotatable bonds is 2. The summed E-state index contributed by atoms with van der Waals surface area (Å²) < 4.78 is 3.11. The molecule has 1 aromatic carbocycles. The van der Waals surface area contributed by atoms with E-state index in [2.05, 4.69) is 10.1 Å². The molecule has 0 saturated carbocycles. The van der Waals surface area contributed by atoms with Crippen molar-refractivity contribution >= 4 is 22.5 Å². The van der Waals surface area contributed by atoms with E-state index in [4.69, 9.17) is 11.6 Å². The second kappa shape index (κ2) is 4.76. The highest BCUT2D eigenvalue weighted by Gasteiger charge is 2.17. The molecule has 0 aliphatic carbocycles. The average molecular weight is 289 g/mol. The van der Waals surface area contributed by atoms with Crippen molar-refractivity contribution in [2.45, 2.75) is 12.3 Å². The van der Waals surface area contributed by atoms with Crippen LogP contribution >= 0.6 is 11.6 Å². The Morgan fingerprint density at radius 3 is 2.65 bits per heavy atom. The van der Waals surface area contributed by atoms with Crippen molar-refractivity contribution in [2.24, 2.45) is 7.05 Å². The third kappa shape index (κ3) is 2.00. The maximum absolute atomic E-state index is 12.7.